The number of carbonyl (C=O) groups excluding carboxylic acids is 1. The van der Waals surface area contributed by atoms with E-state index < -0.39 is 4.92 Å². The maximum atomic E-state index is 12.0. The van der Waals surface area contributed by atoms with Crippen LogP contribution in [0, 0.1) is 16.0 Å². The summed E-state index contributed by atoms with van der Waals surface area (Å²) in [6.07, 6.45) is 1.77. The molecule has 1 heterocycles. The van der Waals surface area contributed by atoms with Crippen LogP contribution in [0.3, 0.4) is 0 Å². The molecule has 0 bridgehead atoms. The van der Waals surface area contributed by atoms with Crippen molar-refractivity contribution in [1.29, 1.82) is 0 Å². The molecule has 1 atom stereocenters. The van der Waals surface area contributed by atoms with E-state index in [1.807, 2.05) is 0 Å². The Balaban J connectivity index is 2.08. The largest absolute Gasteiger partial charge is 0.320 e. The van der Waals surface area contributed by atoms with Gasteiger partial charge in [0.05, 0.1) is 10.8 Å². The van der Waals surface area contributed by atoms with Crippen LogP contribution in [0.25, 0.3) is 0 Å². The van der Waals surface area contributed by atoms with Gasteiger partial charge in [0.1, 0.15) is 5.69 Å². The first-order valence-corrected chi connectivity index (χ1v) is 5.93. The lowest BCUT2D eigenvalue weighted by Crippen LogP contribution is -2.37. The summed E-state index contributed by atoms with van der Waals surface area (Å²) in [7, 11) is 0. The second-order valence-electron chi connectivity index (χ2n) is 4.31. The van der Waals surface area contributed by atoms with Crippen LogP contribution in [-0.2, 0) is 4.79 Å². The third-order valence-electron chi connectivity index (χ3n) is 3.03. The van der Waals surface area contributed by atoms with Gasteiger partial charge in [-0.15, -0.1) is 0 Å². The molecule has 0 radical (unpaired) electrons. The monoisotopic (exact) mass is 249 g/mol. The van der Waals surface area contributed by atoms with Gasteiger partial charge in [0, 0.05) is 12.6 Å². The molecule has 1 aliphatic rings. The van der Waals surface area contributed by atoms with Crippen LogP contribution in [0.2, 0.25) is 0 Å². The molecule has 1 amide bonds. The van der Waals surface area contributed by atoms with Crippen LogP contribution in [0.1, 0.15) is 12.8 Å². The van der Waals surface area contributed by atoms with Gasteiger partial charge in [-0.05, 0) is 25.5 Å². The highest BCUT2D eigenvalue weighted by Crippen LogP contribution is 2.24. The smallest absolute Gasteiger partial charge is 0.292 e. The zero-order chi connectivity index (χ0) is 13.0. The minimum Gasteiger partial charge on any atom is -0.320 e. The maximum absolute atomic E-state index is 12.0. The van der Waals surface area contributed by atoms with Gasteiger partial charge in [0.15, 0.2) is 0 Å². The third-order valence-corrected chi connectivity index (χ3v) is 3.03. The highest BCUT2D eigenvalue weighted by Gasteiger charge is 2.23. The Bertz CT molecular complexity index is 456. The van der Waals surface area contributed by atoms with Crippen molar-refractivity contribution in [3.8, 4) is 0 Å². The molecule has 2 N–H and O–H groups in total. The summed E-state index contributed by atoms with van der Waals surface area (Å²) in [5.41, 5.74) is 0.188. The first kappa shape index (κ1) is 12.5. The average Bonchev–Trinajstić information content (AvgIpc) is 2.40. The number of carbonyl (C=O) groups is 1. The van der Waals surface area contributed by atoms with E-state index in [4.69, 9.17) is 0 Å². The number of hydrogen-bond donors (Lipinski definition) is 2. The summed E-state index contributed by atoms with van der Waals surface area (Å²) in [4.78, 5) is 22.3. The number of piperidine rings is 1. The van der Waals surface area contributed by atoms with E-state index in [-0.39, 0.29) is 23.2 Å². The summed E-state index contributed by atoms with van der Waals surface area (Å²) in [6, 6.07) is 6.18. The van der Waals surface area contributed by atoms with Crippen molar-refractivity contribution in [3.63, 3.8) is 0 Å². The number of nitrogens with one attached hydrogen (secondary N) is 2. The Morgan fingerprint density at radius 3 is 2.89 bits per heavy atom. The topological polar surface area (TPSA) is 84.3 Å². The molecule has 1 saturated heterocycles. The molecule has 1 aromatic rings. The van der Waals surface area contributed by atoms with Gasteiger partial charge >= 0.3 is 0 Å². The van der Waals surface area contributed by atoms with Gasteiger partial charge < -0.3 is 10.6 Å². The van der Waals surface area contributed by atoms with Crippen molar-refractivity contribution in [2.24, 2.45) is 5.92 Å². The van der Waals surface area contributed by atoms with E-state index in [1.54, 1.807) is 18.2 Å². The summed E-state index contributed by atoms with van der Waals surface area (Å²) in [6.45, 7) is 1.56. The van der Waals surface area contributed by atoms with Gasteiger partial charge in [0.25, 0.3) is 5.69 Å². The molecule has 18 heavy (non-hydrogen) atoms. The molecule has 0 saturated carbocycles. The second kappa shape index (κ2) is 5.59. The first-order valence-electron chi connectivity index (χ1n) is 5.93. The molecule has 0 aliphatic carbocycles. The number of para-hydroxylation sites is 2. The Morgan fingerprint density at radius 1 is 1.44 bits per heavy atom. The number of nitro groups is 1. The Labute approximate surface area is 105 Å². The van der Waals surface area contributed by atoms with Crippen molar-refractivity contribution in [2.75, 3.05) is 18.4 Å². The second-order valence-corrected chi connectivity index (χ2v) is 4.31. The lowest BCUT2D eigenvalue weighted by molar-refractivity contribution is -0.383. The SMILES string of the molecule is O=C(Nc1ccccc1[N+](=O)[O-])[C@H]1CCCNC1. The highest BCUT2D eigenvalue weighted by atomic mass is 16.6. The summed E-state index contributed by atoms with van der Waals surface area (Å²) >= 11 is 0. The van der Waals surface area contributed by atoms with Crippen molar-refractivity contribution in [2.45, 2.75) is 12.8 Å². The minimum atomic E-state index is -0.491. The van der Waals surface area contributed by atoms with Crippen LogP contribution >= 0.6 is 0 Å². The van der Waals surface area contributed by atoms with E-state index in [1.165, 1.54) is 6.07 Å². The predicted molar refractivity (Wildman–Crippen MR) is 67.3 cm³/mol. The molecule has 0 aromatic heterocycles. The van der Waals surface area contributed by atoms with Crippen LogP contribution < -0.4 is 10.6 Å². The Morgan fingerprint density at radius 2 is 2.22 bits per heavy atom. The lowest BCUT2D eigenvalue weighted by atomic mass is 9.99. The molecule has 6 heteroatoms. The molecule has 6 nitrogen and oxygen atoms in total. The Hall–Kier alpha value is -1.95. The fourth-order valence-electron chi connectivity index (χ4n) is 2.05. The standard InChI is InChI=1S/C12H15N3O3/c16-12(9-4-3-7-13-8-9)14-10-5-1-2-6-11(10)15(17)18/h1-2,5-6,9,13H,3-4,7-8H2,(H,14,16)/t9-/m0/s1. The number of anilines is 1. The molecule has 96 valence electrons. The van der Waals surface area contributed by atoms with Crippen LogP contribution in [0.15, 0.2) is 24.3 Å². The van der Waals surface area contributed by atoms with E-state index in [9.17, 15) is 14.9 Å². The number of rotatable bonds is 3. The van der Waals surface area contributed by atoms with E-state index in [2.05, 4.69) is 10.6 Å². The summed E-state index contributed by atoms with van der Waals surface area (Å²) < 4.78 is 0. The number of benzene rings is 1. The van der Waals surface area contributed by atoms with Crippen molar-refractivity contribution in [3.05, 3.63) is 34.4 Å². The normalized spacial score (nSPS) is 19.2. The van der Waals surface area contributed by atoms with Crippen molar-refractivity contribution in [1.82, 2.24) is 5.32 Å². The summed E-state index contributed by atoms with van der Waals surface area (Å²) in [5.74, 6) is -0.268. The number of nitro benzene ring substituents is 1. The van der Waals surface area contributed by atoms with Gasteiger partial charge in [-0.1, -0.05) is 12.1 Å². The molecular formula is C12H15N3O3. The van der Waals surface area contributed by atoms with E-state index in [0.29, 0.717) is 6.54 Å². The molecular weight excluding hydrogens is 234 g/mol. The zero-order valence-corrected chi connectivity index (χ0v) is 9.89. The summed E-state index contributed by atoms with van der Waals surface area (Å²) in [5, 5.41) is 16.6. The third kappa shape index (κ3) is 2.84. The van der Waals surface area contributed by atoms with Gasteiger partial charge in [-0.2, -0.15) is 0 Å². The molecule has 1 fully saturated rings. The van der Waals surface area contributed by atoms with Crippen LogP contribution in [0.4, 0.5) is 11.4 Å². The molecule has 0 spiro atoms. The molecule has 0 unspecified atom stereocenters. The molecule has 2 rings (SSSR count). The van der Waals surface area contributed by atoms with Crippen LogP contribution in [0.5, 0.6) is 0 Å². The highest BCUT2D eigenvalue weighted by molar-refractivity contribution is 5.94. The van der Waals surface area contributed by atoms with Gasteiger partial charge in [-0.25, -0.2) is 0 Å². The average molecular weight is 249 g/mol. The Kier molecular flexibility index (Phi) is 3.88. The van der Waals surface area contributed by atoms with Gasteiger partial charge in [-0.3, -0.25) is 14.9 Å². The number of hydrogen-bond acceptors (Lipinski definition) is 4. The molecule has 1 aromatic carbocycles. The zero-order valence-electron chi connectivity index (χ0n) is 9.89. The van der Waals surface area contributed by atoms with Gasteiger partial charge in [0.2, 0.25) is 5.91 Å². The first-order chi connectivity index (χ1) is 8.68. The van der Waals surface area contributed by atoms with E-state index in [0.717, 1.165) is 19.4 Å². The van der Waals surface area contributed by atoms with Crippen LogP contribution in [-0.4, -0.2) is 23.9 Å². The number of nitrogens with zero attached hydrogens (tertiary/aromatic N) is 1. The number of amides is 1. The fraction of sp³-hybridized carbons (Fsp3) is 0.417. The maximum Gasteiger partial charge on any atom is 0.292 e. The van der Waals surface area contributed by atoms with E-state index >= 15 is 0 Å². The minimum absolute atomic E-state index is 0.0744. The van der Waals surface area contributed by atoms with Crippen molar-refractivity contribution >= 4 is 17.3 Å². The quantitative estimate of drug-likeness (QED) is 0.628. The fourth-order valence-corrected chi connectivity index (χ4v) is 2.05. The van der Waals surface area contributed by atoms with Crippen molar-refractivity contribution < 1.29 is 9.72 Å². The predicted octanol–water partition coefficient (Wildman–Crippen LogP) is 1.53. The lowest BCUT2D eigenvalue weighted by Gasteiger charge is -2.21. The molecule has 1 aliphatic heterocycles.